The zero-order chi connectivity index (χ0) is 6.41. The Kier molecular flexibility index (Phi) is 10.1. The number of unbranched alkanes of at least 4 members (excludes halogenated alkanes) is 1. The average Bonchev–Trinajstić information content (AvgIpc) is 1.83. The molecule has 0 heterocycles. The normalized spacial score (nSPS) is 11.2. The summed E-state index contributed by atoms with van der Waals surface area (Å²) < 4.78 is 0. The van der Waals surface area contributed by atoms with Crippen molar-refractivity contribution in [2.24, 2.45) is 5.73 Å². The zero-order valence-corrected chi connectivity index (χ0v) is 6.58. The van der Waals surface area contributed by atoms with Crippen LogP contribution in [-0.2, 0) is 0 Å². The first-order valence-electron chi connectivity index (χ1n) is 3.03. The quantitative estimate of drug-likeness (QED) is 0.603. The molecule has 9 heavy (non-hydrogen) atoms. The molecule has 0 aliphatic carbocycles. The predicted molar refractivity (Wildman–Crippen MR) is 43.6 cm³/mol. The van der Waals surface area contributed by atoms with E-state index in [1.54, 1.807) is 0 Å². The van der Waals surface area contributed by atoms with Crippen LogP contribution in [0.5, 0.6) is 0 Å². The second-order valence-electron chi connectivity index (χ2n) is 1.92. The van der Waals surface area contributed by atoms with Crippen LogP contribution in [0.3, 0.4) is 0 Å². The van der Waals surface area contributed by atoms with Crippen LogP contribution < -0.4 is 5.73 Å². The van der Waals surface area contributed by atoms with Gasteiger partial charge in [-0.15, -0.1) is 18.8 Å². The maximum absolute atomic E-state index is 5.42. The molecule has 0 aromatic carbocycles. The Bertz CT molecular complexity index is 85.4. The first-order valence-corrected chi connectivity index (χ1v) is 3.03. The Labute approximate surface area is 63.4 Å². The third-order valence-electron chi connectivity index (χ3n) is 1.08. The monoisotopic (exact) mass is 147 g/mol. The van der Waals surface area contributed by atoms with Crippen LogP contribution in [-0.4, -0.2) is 6.04 Å². The minimum absolute atomic E-state index is 0. The smallest absolute Gasteiger partial charge is 0.0661 e. The Hall–Kier alpha value is -0.190. The number of terminal acetylenes is 1. The molecule has 2 N–H and O–H groups in total. The van der Waals surface area contributed by atoms with E-state index < -0.39 is 0 Å². The molecule has 54 valence electrons. The molecule has 1 unspecified atom stereocenters. The van der Waals surface area contributed by atoms with Gasteiger partial charge in [0.25, 0.3) is 0 Å². The first kappa shape index (κ1) is 11.6. The van der Waals surface area contributed by atoms with Gasteiger partial charge in [0.15, 0.2) is 0 Å². The molecule has 0 saturated heterocycles. The molecule has 1 atom stereocenters. The van der Waals surface area contributed by atoms with Gasteiger partial charge in [0.1, 0.15) is 0 Å². The Morgan fingerprint density at radius 3 is 2.56 bits per heavy atom. The predicted octanol–water partition coefficient (Wildman–Crippen LogP) is 1.56. The van der Waals surface area contributed by atoms with E-state index >= 15 is 0 Å². The van der Waals surface area contributed by atoms with Gasteiger partial charge in [0.05, 0.1) is 6.04 Å². The van der Waals surface area contributed by atoms with Crippen molar-refractivity contribution in [2.45, 2.75) is 32.2 Å². The molecule has 2 heteroatoms. The fourth-order valence-electron chi connectivity index (χ4n) is 0.507. The molecule has 0 rings (SSSR count). The van der Waals surface area contributed by atoms with Gasteiger partial charge in [-0.05, 0) is 6.42 Å². The highest BCUT2D eigenvalue weighted by atomic mass is 35.5. The van der Waals surface area contributed by atoms with Crippen LogP contribution in [0.1, 0.15) is 26.2 Å². The third-order valence-corrected chi connectivity index (χ3v) is 1.08. The SMILES string of the molecule is C#CC(N)CCCC.Cl. The fourth-order valence-corrected chi connectivity index (χ4v) is 0.507. The van der Waals surface area contributed by atoms with Crippen LogP contribution >= 0.6 is 12.4 Å². The molecule has 0 aromatic rings. The topological polar surface area (TPSA) is 26.0 Å². The maximum atomic E-state index is 5.42. The second kappa shape index (κ2) is 7.81. The lowest BCUT2D eigenvalue weighted by Gasteiger charge is -1.99. The molecule has 0 aliphatic heterocycles. The zero-order valence-electron chi connectivity index (χ0n) is 5.76. The van der Waals surface area contributed by atoms with Gasteiger partial charge in [0, 0.05) is 0 Å². The van der Waals surface area contributed by atoms with E-state index in [-0.39, 0.29) is 18.4 Å². The van der Waals surface area contributed by atoms with Crippen LogP contribution in [0.15, 0.2) is 0 Å². The summed E-state index contributed by atoms with van der Waals surface area (Å²) in [5, 5.41) is 0. The van der Waals surface area contributed by atoms with E-state index in [9.17, 15) is 0 Å². The van der Waals surface area contributed by atoms with E-state index in [2.05, 4.69) is 12.8 Å². The van der Waals surface area contributed by atoms with Crippen molar-refractivity contribution in [1.29, 1.82) is 0 Å². The van der Waals surface area contributed by atoms with E-state index in [0.29, 0.717) is 0 Å². The fraction of sp³-hybridized carbons (Fsp3) is 0.714. The number of hydrogen-bond acceptors (Lipinski definition) is 1. The Balaban J connectivity index is 0. The van der Waals surface area contributed by atoms with Gasteiger partial charge in [-0.2, -0.15) is 0 Å². The highest BCUT2D eigenvalue weighted by Gasteiger charge is 1.92. The largest absolute Gasteiger partial charge is 0.318 e. The number of nitrogens with two attached hydrogens (primary N) is 1. The summed E-state index contributed by atoms with van der Waals surface area (Å²) in [6.07, 6.45) is 8.32. The van der Waals surface area contributed by atoms with Crippen molar-refractivity contribution in [1.82, 2.24) is 0 Å². The van der Waals surface area contributed by atoms with Crippen molar-refractivity contribution in [3.05, 3.63) is 0 Å². The van der Waals surface area contributed by atoms with Gasteiger partial charge < -0.3 is 5.73 Å². The maximum Gasteiger partial charge on any atom is 0.0661 e. The lowest BCUT2D eigenvalue weighted by Crippen LogP contribution is -2.16. The molecule has 0 amide bonds. The van der Waals surface area contributed by atoms with E-state index in [1.165, 1.54) is 6.42 Å². The van der Waals surface area contributed by atoms with Gasteiger partial charge in [-0.25, -0.2) is 0 Å². The third kappa shape index (κ3) is 7.81. The van der Waals surface area contributed by atoms with E-state index in [1.807, 2.05) is 0 Å². The number of hydrogen-bond donors (Lipinski definition) is 1. The number of halogens is 1. The van der Waals surface area contributed by atoms with Crippen LogP contribution in [0.4, 0.5) is 0 Å². The lowest BCUT2D eigenvalue weighted by molar-refractivity contribution is 0.667. The summed E-state index contributed by atoms with van der Waals surface area (Å²) >= 11 is 0. The molecule has 1 nitrogen and oxygen atoms in total. The van der Waals surface area contributed by atoms with Crippen molar-refractivity contribution >= 4 is 12.4 Å². The molecular weight excluding hydrogens is 134 g/mol. The second-order valence-corrected chi connectivity index (χ2v) is 1.92. The standard InChI is InChI=1S/C7H13N.ClH/c1-3-5-6-7(8)4-2;/h2,7H,3,5-6,8H2,1H3;1H. The minimum atomic E-state index is -0.0186. The molecule has 0 spiro atoms. The summed E-state index contributed by atoms with van der Waals surface area (Å²) in [5.74, 6) is 2.48. The molecule has 0 aromatic heterocycles. The molecule has 0 radical (unpaired) electrons. The highest BCUT2D eigenvalue weighted by Crippen LogP contribution is 1.95. The first-order chi connectivity index (χ1) is 3.81. The molecule has 0 saturated carbocycles. The van der Waals surface area contributed by atoms with Crippen molar-refractivity contribution in [2.75, 3.05) is 0 Å². The molecular formula is C7H14ClN. The summed E-state index contributed by atoms with van der Waals surface area (Å²) in [7, 11) is 0. The highest BCUT2D eigenvalue weighted by molar-refractivity contribution is 5.85. The summed E-state index contributed by atoms with van der Waals surface area (Å²) in [4.78, 5) is 0. The van der Waals surface area contributed by atoms with Crippen LogP contribution in [0.25, 0.3) is 0 Å². The van der Waals surface area contributed by atoms with E-state index in [0.717, 1.165) is 12.8 Å². The van der Waals surface area contributed by atoms with Crippen molar-refractivity contribution < 1.29 is 0 Å². The molecule has 0 aliphatic rings. The Morgan fingerprint density at radius 2 is 2.22 bits per heavy atom. The molecule has 0 fully saturated rings. The number of rotatable bonds is 3. The van der Waals surface area contributed by atoms with Gasteiger partial charge in [-0.1, -0.05) is 25.7 Å². The average molecular weight is 148 g/mol. The van der Waals surface area contributed by atoms with Gasteiger partial charge in [0.2, 0.25) is 0 Å². The van der Waals surface area contributed by atoms with Crippen molar-refractivity contribution in [3.63, 3.8) is 0 Å². The Morgan fingerprint density at radius 1 is 1.67 bits per heavy atom. The minimum Gasteiger partial charge on any atom is -0.318 e. The summed E-state index contributed by atoms with van der Waals surface area (Å²) in [5.41, 5.74) is 5.42. The van der Waals surface area contributed by atoms with Crippen LogP contribution in [0.2, 0.25) is 0 Å². The van der Waals surface area contributed by atoms with Gasteiger partial charge in [-0.3, -0.25) is 0 Å². The van der Waals surface area contributed by atoms with Gasteiger partial charge >= 0.3 is 0 Å². The van der Waals surface area contributed by atoms with Crippen LogP contribution in [0, 0.1) is 12.3 Å². The van der Waals surface area contributed by atoms with Crippen molar-refractivity contribution in [3.8, 4) is 12.3 Å². The summed E-state index contributed by atoms with van der Waals surface area (Å²) in [6.45, 7) is 2.13. The van der Waals surface area contributed by atoms with E-state index in [4.69, 9.17) is 12.2 Å². The lowest BCUT2D eigenvalue weighted by atomic mass is 10.1. The molecule has 0 bridgehead atoms. The summed E-state index contributed by atoms with van der Waals surface area (Å²) in [6, 6.07) is -0.0186.